The Labute approximate surface area is 81.6 Å². The van der Waals surface area contributed by atoms with E-state index >= 15 is 0 Å². The Balaban J connectivity index is 2.87. The summed E-state index contributed by atoms with van der Waals surface area (Å²) < 4.78 is 4.78. The van der Waals surface area contributed by atoms with Gasteiger partial charge in [0.15, 0.2) is 11.5 Å². The van der Waals surface area contributed by atoms with E-state index in [1.54, 1.807) is 6.92 Å². The Hall–Kier alpha value is -1.91. The third kappa shape index (κ3) is 2.55. The summed E-state index contributed by atoms with van der Waals surface area (Å²) in [7, 11) is 0. The fourth-order valence-electron chi connectivity index (χ4n) is 0.859. The molecule has 0 aromatic carbocycles. The van der Waals surface area contributed by atoms with Gasteiger partial charge < -0.3 is 10.5 Å². The van der Waals surface area contributed by atoms with Gasteiger partial charge in [0.25, 0.3) is 0 Å². The van der Waals surface area contributed by atoms with Crippen LogP contribution < -0.4 is 5.73 Å². The molecule has 2 N–H and O–H groups in total. The van der Waals surface area contributed by atoms with Gasteiger partial charge >= 0.3 is 5.97 Å². The van der Waals surface area contributed by atoms with Crippen molar-refractivity contribution >= 4 is 12.0 Å². The molecule has 0 bridgehead atoms. The van der Waals surface area contributed by atoms with Crippen LogP contribution in [0, 0.1) is 0 Å². The lowest BCUT2D eigenvalue weighted by atomic mass is 10.4. The maximum Gasteiger partial charge on any atom is 0.357 e. The number of ether oxygens (including phenoxy) is 1. The molecule has 1 aromatic heterocycles. The van der Waals surface area contributed by atoms with Gasteiger partial charge in [0.1, 0.15) is 0 Å². The van der Waals surface area contributed by atoms with Gasteiger partial charge in [-0.3, -0.25) is 0 Å². The molecule has 5 nitrogen and oxygen atoms in total. The highest BCUT2D eigenvalue weighted by molar-refractivity contribution is 5.87. The number of nitrogens with zero attached hydrogens (tertiary/aromatic N) is 2. The second kappa shape index (κ2) is 4.96. The highest BCUT2D eigenvalue weighted by Gasteiger charge is 2.07. The molecular weight excluding hydrogens is 182 g/mol. The molecule has 5 heteroatoms. The zero-order chi connectivity index (χ0) is 10.4. The number of nitrogens with two attached hydrogens (primary N) is 1. The highest BCUT2D eigenvalue weighted by Crippen LogP contribution is 1.99. The molecule has 0 fully saturated rings. The summed E-state index contributed by atoms with van der Waals surface area (Å²) in [5, 5.41) is 0. The highest BCUT2D eigenvalue weighted by atomic mass is 16.5. The zero-order valence-electron chi connectivity index (χ0n) is 7.80. The molecule has 0 amide bonds. The Morgan fingerprint density at radius 3 is 3.14 bits per heavy atom. The molecule has 1 aromatic rings. The van der Waals surface area contributed by atoms with Crippen molar-refractivity contribution in [3.05, 3.63) is 30.0 Å². The van der Waals surface area contributed by atoms with Gasteiger partial charge in [0.05, 0.1) is 6.61 Å². The van der Waals surface area contributed by atoms with E-state index in [0.717, 1.165) is 0 Å². The zero-order valence-corrected chi connectivity index (χ0v) is 7.80. The standard InChI is InChI=1S/C9H11N3O2/c1-2-14-9(13)7-4-6-11-8(12-7)3-5-10/h3-6H,2,10H2,1H3. The van der Waals surface area contributed by atoms with E-state index in [1.165, 1.54) is 24.5 Å². The Morgan fingerprint density at radius 1 is 1.71 bits per heavy atom. The predicted molar refractivity (Wildman–Crippen MR) is 51.2 cm³/mol. The Kier molecular flexibility index (Phi) is 3.60. The van der Waals surface area contributed by atoms with E-state index in [2.05, 4.69) is 9.97 Å². The van der Waals surface area contributed by atoms with Crippen molar-refractivity contribution in [2.75, 3.05) is 6.61 Å². The van der Waals surface area contributed by atoms with Crippen LogP contribution in [0.25, 0.3) is 6.08 Å². The first-order valence-electron chi connectivity index (χ1n) is 4.16. The maximum absolute atomic E-state index is 11.2. The summed E-state index contributed by atoms with van der Waals surface area (Å²) in [4.78, 5) is 19.0. The summed E-state index contributed by atoms with van der Waals surface area (Å²) in [6.45, 7) is 2.06. The number of aromatic nitrogens is 2. The average Bonchev–Trinajstić information content (AvgIpc) is 2.19. The van der Waals surface area contributed by atoms with E-state index in [4.69, 9.17) is 10.5 Å². The van der Waals surface area contributed by atoms with E-state index < -0.39 is 5.97 Å². The normalized spacial score (nSPS) is 10.4. The largest absolute Gasteiger partial charge is 0.461 e. The first-order chi connectivity index (χ1) is 6.77. The molecule has 14 heavy (non-hydrogen) atoms. The second-order valence-corrected chi connectivity index (χ2v) is 2.38. The third-order valence-corrected chi connectivity index (χ3v) is 1.40. The SMILES string of the molecule is CCOC(=O)c1ccnc(C=CN)n1. The van der Waals surface area contributed by atoms with Crippen molar-refractivity contribution in [1.82, 2.24) is 9.97 Å². The van der Waals surface area contributed by atoms with Crippen LogP contribution in [0.2, 0.25) is 0 Å². The summed E-state index contributed by atoms with van der Waals surface area (Å²) in [6, 6.07) is 1.49. The molecule has 0 radical (unpaired) electrons. The number of carbonyl (C=O) groups excluding carboxylic acids is 1. The Bertz CT molecular complexity index is 350. The van der Waals surface area contributed by atoms with Gasteiger partial charge in [-0.25, -0.2) is 14.8 Å². The van der Waals surface area contributed by atoms with Crippen molar-refractivity contribution in [2.45, 2.75) is 6.92 Å². The molecule has 1 rings (SSSR count). The molecule has 0 saturated heterocycles. The molecule has 0 spiro atoms. The van der Waals surface area contributed by atoms with E-state index in [-0.39, 0.29) is 5.69 Å². The summed E-state index contributed by atoms with van der Waals surface area (Å²) in [5.41, 5.74) is 5.40. The van der Waals surface area contributed by atoms with Gasteiger partial charge in [-0.05, 0) is 25.3 Å². The molecule has 0 atom stereocenters. The van der Waals surface area contributed by atoms with Crippen LogP contribution >= 0.6 is 0 Å². The predicted octanol–water partition coefficient (Wildman–Crippen LogP) is 0.583. The van der Waals surface area contributed by atoms with Crippen LogP contribution in [-0.2, 0) is 4.74 Å². The van der Waals surface area contributed by atoms with Crippen LogP contribution in [-0.4, -0.2) is 22.5 Å². The molecule has 0 saturated carbocycles. The van der Waals surface area contributed by atoms with E-state index in [9.17, 15) is 4.79 Å². The Morgan fingerprint density at radius 2 is 2.50 bits per heavy atom. The molecule has 0 aliphatic heterocycles. The summed E-state index contributed by atoms with van der Waals surface area (Å²) >= 11 is 0. The van der Waals surface area contributed by atoms with Gasteiger partial charge in [0, 0.05) is 6.20 Å². The molecule has 74 valence electrons. The summed E-state index contributed by atoms with van der Waals surface area (Å²) in [5.74, 6) is -0.0698. The van der Waals surface area contributed by atoms with Crippen molar-refractivity contribution in [3.8, 4) is 0 Å². The smallest absolute Gasteiger partial charge is 0.357 e. The van der Waals surface area contributed by atoms with Crippen LogP contribution in [0.5, 0.6) is 0 Å². The second-order valence-electron chi connectivity index (χ2n) is 2.38. The molecule has 0 unspecified atom stereocenters. The lowest BCUT2D eigenvalue weighted by Crippen LogP contribution is -2.08. The van der Waals surface area contributed by atoms with Gasteiger partial charge in [-0.2, -0.15) is 0 Å². The summed E-state index contributed by atoms with van der Waals surface area (Å²) in [6.07, 6.45) is 4.29. The fraction of sp³-hybridized carbons (Fsp3) is 0.222. The minimum absolute atomic E-state index is 0.231. The lowest BCUT2D eigenvalue weighted by molar-refractivity contribution is 0.0519. The van der Waals surface area contributed by atoms with E-state index in [0.29, 0.717) is 12.4 Å². The number of esters is 1. The van der Waals surface area contributed by atoms with Gasteiger partial charge in [0.2, 0.25) is 0 Å². The minimum Gasteiger partial charge on any atom is -0.461 e. The molecule has 1 heterocycles. The van der Waals surface area contributed by atoms with Crippen LogP contribution in [0.3, 0.4) is 0 Å². The topological polar surface area (TPSA) is 78.1 Å². The monoisotopic (exact) mass is 193 g/mol. The quantitative estimate of drug-likeness (QED) is 0.710. The van der Waals surface area contributed by atoms with Gasteiger partial charge in [-0.1, -0.05) is 0 Å². The number of carbonyl (C=O) groups is 1. The van der Waals surface area contributed by atoms with Crippen LogP contribution in [0.1, 0.15) is 23.2 Å². The molecular formula is C9H11N3O2. The number of hydrogen-bond acceptors (Lipinski definition) is 5. The van der Waals surface area contributed by atoms with Crippen molar-refractivity contribution < 1.29 is 9.53 Å². The van der Waals surface area contributed by atoms with Crippen molar-refractivity contribution in [3.63, 3.8) is 0 Å². The lowest BCUT2D eigenvalue weighted by Gasteiger charge is -2.00. The maximum atomic E-state index is 11.2. The van der Waals surface area contributed by atoms with Crippen LogP contribution in [0.15, 0.2) is 18.5 Å². The fourth-order valence-corrected chi connectivity index (χ4v) is 0.859. The van der Waals surface area contributed by atoms with Gasteiger partial charge in [-0.15, -0.1) is 0 Å². The van der Waals surface area contributed by atoms with Crippen molar-refractivity contribution in [2.24, 2.45) is 5.73 Å². The van der Waals surface area contributed by atoms with Crippen molar-refractivity contribution in [1.29, 1.82) is 0 Å². The number of rotatable bonds is 3. The van der Waals surface area contributed by atoms with Crippen LogP contribution in [0.4, 0.5) is 0 Å². The minimum atomic E-state index is -0.457. The molecule has 0 aliphatic rings. The number of hydrogen-bond donors (Lipinski definition) is 1. The first-order valence-corrected chi connectivity index (χ1v) is 4.16. The third-order valence-electron chi connectivity index (χ3n) is 1.40. The average molecular weight is 193 g/mol. The molecule has 0 aliphatic carbocycles. The first kappa shape index (κ1) is 10.2. The van der Waals surface area contributed by atoms with E-state index in [1.807, 2.05) is 0 Å².